The minimum atomic E-state index is -0.764. The summed E-state index contributed by atoms with van der Waals surface area (Å²) in [7, 11) is 0. The molecular weight excluding hydrogens is 1140 g/mol. The highest BCUT2D eigenvalue weighted by atomic mass is 19.1. The predicted octanol–water partition coefficient (Wildman–Crippen LogP) is 9.63. The summed E-state index contributed by atoms with van der Waals surface area (Å²) >= 11 is 0. The molecule has 8 aromatic rings. The Bertz CT molecular complexity index is 4300. The summed E-state index contributed by atoms with van der Waals surface area (Å²) < 4.78 is 50.3. The maximum absolute atomic E-state index is 15.3. The van der Waals surface area contributed by atoms with Crippen molar-refractivity contribution in [3.63, 3.8) is 0 Å². The Morgan fingerprint density at radius 3 is 1.53 bits per heavy atom. The van der Waals surface area contributed by atoms with Gasteiger partial charge in [-0.05, 0) is 112 Å². The number of carbonyl (C=O) groups is 3. The number of piperidine rings is 1. The zero-order chi connectivity index (χ0) is 63.9. The van der Waals surface area contributed by atoms with Crippen molar-refractivity contribution in [2.45, 2.75) is 98.6 Å². The number of phenolic OH excluding ortho intramolecular Hbond substituents is 2. The van der Waals surface area contributed by atoms with E-state index in [1.165, 1.54) is 51.6 Å². The van der Waals surface area contributed by atoms with E-state index in [0.29, 0.717) is 94.0 Å². The second-order valence-electron chi connectivity index (χ2n) is 22.6. The first-order valence-electron chi connectivity index (χ1n) is 29.1. The van der Waals surface area contributed by atoms with Gasteiger partial charge in [-0.2, -0.15) is 9.97 Å². The number of aromatic hydroxyl groups is 2. The van der Waals surface area contributed by atoms with Crippen LogP contribution in [0.25, 0.3) is 56.0 Å². The number of anilines is 2. The lowest BCUT2D eigenvalue weighted by molar-refractivity contribution is -0.152. The third-order valence-electron chi connectivity index (χ3n) is 16.2. The number of hydrogen-bond donors (Lipinski definition) is 2. The number of esters is 2. The third-order valence-corrected chi connectivity index (χ3v) is 16.2. The Morgan fingerprint density at radius 1 is 0.629 bits per heavy atom. The first kappa shape index (κ1) is 61.9. The molecule has 4 aliphatic rings. The number of pyridine rings is 4. The number of rotatable bonds is 9. The third kappa shape index (κ3) is 11.4. The summed E-state index contributed by atoms with van der Waals surface area (Å²) in [5, 5.41) is 22.5. The lowest BCUT2D eigenvalue weighted by atomic mass is 10.0. The molecule has 2 aromatic carbocycles. The molecule has 12 rings (SSSR count). The van der Waals surface area contributed by atoms with E-state index in [4.69, 9.17) is 19.4 Å². The van der Waals surface area contributed by atoms with Gasteiger partial charge >= 0.3 is 23.3 Å². The summed E-state index contributed by atoms with van der Waals surface area (Å²) in [5.74, 6) is -1.69. The molecule has 2 saturated heterocycles. The fourth-order valence-corrected chi connectivity index (χ4v) is 11.9. The van der Waals surface area contributed by atoms with Crippen LogP contribution in [0.3, 0.4) is 0 Å². The number of amides is 1. The molecule has 10 heterocycles. The van der Waals surface area contributed by atoms with Gasteiger partial charge in [0.2, 0.25) is 5.91 Å². The molecule has 0 aliphatic carbocycles. The number of piperazine rings is 1. The van der Waals surface area contributed by atoms with Crippen molar-refractivity contribution in [3.05, 3.63) is 165 Å². The molecular formula is C66H67F2N11O10. The Balaban J connectivity index is 0.000000173. The van der Waals surface area contributed by atoms with Crippen LogP contribution in [0.15, 0.2) is 108 Å². The minimum Gasteiger partial charge on any atom is -0.507 e. The first-order valence-corrected chi connectivity index (χ1v) is 29.1. The van der Waals surface area contributed by atoms with Crippen LogP contribution in [0.1, 0.15) is 92.4 Å². The van der Waals surface area contributed by atoms with Gasteiger partial charge in [-0.1, -0.05) is 59.6 Å². The van der Waals surface area contributed by atoms with Crippen LogP contribution in [0.5, 0.6) is 23.0 Å². The van der Waals surface area contributed by atoms with Gasteiger partial charge < -0.3 is 39.1 Å². The molecule has 21 nitrogen and oxygen atoms in total. The molecule has 2 fully saturated rings. The van der Waals surface area contributed by atoms with Gasteiger partial charge in [0.1, 0.15) is 70.3 Å². The molecule has 0 spiro atoms. The smallest absolute Gasteiger partial charge is 0.355 e. The van der Waals surface area contributed by atoms with Crippen molar-refractivity contribution in [2.75, 3.05) is 49.2 Å². The van der Waals surface area contributed by atoms with Crippen LogP contribution in [-0.2, 0) is 19.1 Å². The topological polar surface area (TPSA) is 250 Å². The molecule has 6 aromatic heterocycles. The van der Waals surface area contributed by atoms with Crippen LogP contribution >= 0.6 is 0 Å². The molecule has 0 unspecified atom stereocenters. The van der Waals surface area contributed by atoms with Gasteiger partial charge in [0.05, 0.1) is 57.4 Å². The first-order chi connectivity index (χ1) is 42.6. The normalized spacial score (nSPS) is 15.7. The average molecular weight is 1210 g/mol. The van der Waals surface area contributed by atoms with E-state index in [0.717, 1.165) is 54.8 Å². The molecule has 0 saturated carbocycles. The molecule has 0 bridgehead atoms. The second kappa shape index (κ2) is 25.3. The van der Waals surface area contributed by atoms with Gasteiger partial charge in [0.25, 0.3) is 0 Å². The number of phenols is 2. The minimum absolute atomic E-state index is 0.0185. The van der Waals surface area contributed by atoms with Crippen molar-refractivity contribution in [2.24, 2.45) is 0 Å². The molecule has 0 radical (unpaired) electrons. The van der Waals surface area contributed by atoms with Gasteiger partial charge in [0.15, 0.2) is 11.3 Å². The molecule has 460 valence electrons. The van der Waals surface area contributed by atoms with Crippen molar-refractivity contribution in [3.8, 4) is 56.9 Å². The van der Waals surface area contributed by atoms with Crippen LogP contribution in [0, 0.1) is 39.3 Å². The zero-order valence-electron chi connectivity index (χ0n) is 50.6. The fraction of sp³-hybridized carbons (Fsp3) is 0.318. The zero-order valence-corrected chi connectivity index (χ0v) is 50.6. The number of ether oxygens (including phenoxy) is 3. The summed E-state index contributed by atoms with van der Waals surface area (Å²) in [4.78, 5) is 94.8. The number of nitrogens with zero attached hydrogens (tertiary/aromatic N) is 11. The maximum Gasteiger partial charge on any atom is 0.355 e. The molecule has 4 aliphatic heterocycles. The highest BCUT2D eigenvalue weighted by molar-refractivity contribution is 6.00. The number of halogens is 2. The predicted molar refractivity (Wildman–Crippen MR) is 332 cm³/mol. The van der Waals surface area contributed by atoms with Crippen LogP contribution in [0.4, 0.5) is 20.4 Å². The summed E-state index contributed by atoms with van der Waals surface area (Å²) in [5.41, 5.74) is 4.97. The van der Waals surface area contributed by atoms with E-state index in [9.17, 15) is 34.2 Å². The summed E-state index contributed by atoms with van der Waals surface area (Å²) in [6, 6.07) is 11.6. The van der Waals surface area contributed by atoms with E-state index in [2.05, 4.69) is 49.3 Å². The standard InChI is InChI=1S/C31H31FN6O4.C29H30FN5O3.C6H6O3/c1-6-22(40)36-12-13-37-19(14-36)15-42-28-18(5)26(23-20(32)8-7-9-21(23)39)34-30-24(28)29(37)35-31(41)38(30)27-17(4)10-11-33-25(27)16(2)3;1-15(2)23-25(16(3)11-12-31-23)35-28-22-26(17(4)24(32-28)21-19(30)9-7-10-20(21)36)38-14-18-8-5-6-13-34(18)27(22)33-29(35)37;1-3-5(7)9-6(8)4-2/h6-11,16,19,39H,1,12-15H2,2-5H3;7,9-12,15,18,36H,5-6,8,13-14H2,1-4H3;3-4H,1-2H2/t19-;18-;/m11./s1. The SMILES string of the molecule is C=CC(=O)N1CCN2c3nc(=O)n(-c4c(C)ccnc4C(C)C)c4nc(-c5c(O)cccc5F)c(C)c(c34)OC[C@H]2C1.C=CC(=O)OC(=O)C=C.Cc1ccnc(C(C)C)c1-n1c(=O)nc2c3c(c(C)c(-c4c(O)cccc4F)nc31)OC[C@H]1CCCCN21. The Morgan fingerprint density at radius 2 is 1.09 bits per heavy atom. The molecule has 2 N–H and O–H groups in total. The number of hydrogen-bond acceptors (Lipinski definition) is 18. The Labute approximate surface area is 510 Å². The number of aromatic nitrogens is 8. The monoisotopic (exact) mass is 1210 g/mol. The van der Waals surface area contributed by atoms with Crippen LogP contribution < -0.4 is 30.7 Å². The van der Waals surface area contributed by atoms with Crippen molar-refractivity contribution in [1.82, 2.24) is 43.9 Å². The molecule has 1 amide bonds. The van der Waals surface area contributed by atoms with Crippen molar-refractivity contribution in [1.29, 1.82) is 0 Å². The lowest BCUT2D eigenvalue weighted by Crippen LogP contribution is -2.56. The largest absolute Gasteiger partial charge is 0.507 e. The number of aryl methyl sites for hydroxylation is 2. The Kier molecular flexibility index (Phi) is 17.6. The van der Waals surface area contributed by atoms with Gasteiger partial charge in [-0.3, -0.25) is 14.8 Å². The highest BCUT2D eigenvalue weighted by Gasteiger charge is 2.39. The van der Waals surface area contributed by atoms with E-state index < -0.39 is 35.0 Å². The number of fused-ring (bicyclic) bond motifs is 4. The quantitative estimate of drug-likeness (QED) is 0.0775. The van der Waals surface area contributed by atoms with Gasteiger partial charge in [-0.15, -0.1) is 0 Å². The van der Waals surface area contributed by atoms with E-state index in [1.807, 2.05) is 58.6 Å². The molecule has 2 atom stereocenters. The summed E-state index contributed by atoms with van der Waals surface area (Å²) in [6.07, 6.45) is 9.49. The Hall–Kier alpha value is -10.2. The average Bonchev–Trinajstić information content (AvgIpc) is 1.80. The van der Waals surface area contributed by atoms with Crippen LogP contribution in [-0.4, -0.2) is 123 Å². The number of carbonyl (C=O) groups excluding carboxylic acids is 3. The molecule has 89 heavy (non-hydrogen) atoms. The lowest BCUT2D eigenvalue weighted by Gasteiger charge is -2.40. The van der Waals surface area contributed by atoms with Crippen LogP contribution in [0.2, 0.25) is 0 Å². The van der Waals surface area contributed by atoms with E-state index in [-0.39, 0.29) is 76.1 Å². The van der Waals surface area contributed by atoms with E-state index in [1.54, 1.807) is 31.1 Å². The summed E-state index contributed by atoms with van der Waals surface area (Å²) in [6.45, 7) is 27.7. The maximum atomic E-state index is 15.3. The van der Waals surface area contributed by atoms with Gasteiger partial charge in [-0.25, -0.2) is 47.1 Å². The highest BCUT2D eigenvalue weighted by Crippen LogP contribution is 2.47. The fourth-order valence-electron chi connectivity index (χ4n) is 11.9. The van der Waals surface area contributed by atoms with Crippen molar-refractivity contribution >= 4 is 51.5 Å². The van der Waals surface area contributed by atoms with Crippen molar-refractivity contribution < 1.29 is 47.6 Å². The van der Waals surface area contributed by atoms with E-state index >= 15 is 8.78 Å². The molecule has 23 heteroatoms. The second-order valence-corrected chi connectivity index (χ2v) is 22.6. The number of benzene rings is 2. The van der Waals surface area contributed by atoms with Gasteiger partial charge in [0, 0.05) is 61.9 Å².